The quantitative estimate of drug-likeness (QED) is 0.761. The minimum Gasteiger partial charge on any atom is -0.313 e. The second-order valence-corrected chi connectivity index (χ2v) is 3.97. The summed E-state index contributed by atoms with van der Waals surface area (Å²) in [4.78, 5) is 0. The van der Waals surface area contributed by atoms with Crippen molar-refractivity contribution in [2.75, 3.05) is 13.1 Å². The minimum absolute atomic E-state index is 0. The first-order valence-corrected chi connectivity index (χ1v) is 5.28. The fourth-order valence-corrected chi connectivity index (χ4v) is 1.94. The average molecular weight is 224 g/mol. The summed E-state index contributed by atoms with van der Waals surface area (Å²) in [5.41, 5.74) is 4.58. The van der Waals surface area contributed by atoms with Gasteiger partial charge in [0.15, 0.2) is 0 Å². The van der Waals surface area contributed by atoms with Crippen LogP contribution in [0.3, 0.4) is 0 Å². The van der Waals surface area contributed by atoms with Gasteiger partial charge in [0.2, 0.25) is 0 Å². The molecule has 0 atom stereocenters. The lowest BCUT2D eigenvalue weighted by Gasteiger charge is -2.18. The average Bonchev–Trinajstić information content (AvgIpc) is 2.23. The fourth-order valence-electron chi connectivity index (χ4n) is 1.94. The summed E-state index contributed by atoms with van der Waals surface area (Å²) >= 11 is 0. The normalized spacial score (nSPS) is 16.1. The summed E-state index contributed by atoms with van der Waals surface area (Å²) in [7, 11) is 0. The van der Waals surface area contributed by atoms with E-state index in [4.69, 9.17) is 0 Å². The predicted molar refractivity (Wildman–Crippen MR) is 67.6 cm³/mol. The van der Waals surface area contributed by atoms with Crippen LogP contribution in [0.15, 0.2) is 41.5 Å². The van der Waals surface area contributed by atoms with Crippen LogP contribution in [-0.4, -0.2) is 13.1 Å². The Morgan fingerprint density at radius 1 is 1.20 bits per heavy atom. The van der Waals surface area contributed by atoms with E-state index in [-0.39, 0.29) is 12.4 Å². The van der Waals surface area contributed by atoms with Gasteiger partial charge in [-0.25, -0.2) is 0 Å². The van der Waals surface area contributed by atoms with Crippen LogP contribution in [0, 0.1) is 0 Å². The SMILES string of the molecule is CC1=C(Cc2ccccc2)CCNC1.Cl. The molecular weight excluding hydrogens is 206 g/mol. The second-order valence-electron chi connectivity index (χ2n) is 3.97. The molecule has 2 heteroatoms. The van der Waals surface area contributed by atoms with Gasteiger partial charge >= 0.3 is 0 Å². The van der Waals surface area contributed by atoms with Gasteiger partial charge in [-0.3, -0.25) is 0 Å². The minimum atomic E-state index is 0. The Labute approximate surface area is 98.0 Å². The number of hydrogen-bond donors (Lipinski definition) is 1. The van der Waals surface area contributed by atoms with Crippen molar-refractivity contribution in [3.05, 3.63) is 47.0 Å². The van der Waals surface area contributed by atoms with E-state index in [2.05, 4.69) is 42.6 Å². The van der Waals surface area contributed by atoms with Gasteiger partial charge in [0.1, 0.15) is 0 Å². The molecule has 0 fully saturated rings. The smallest absolute Gasteiger partial charge is 0.0164 e. The molecule has 0 saturated carbocycles. The summed E-state index contributed by atoms with van der Waals surface area (Å²) in [6.45, 7) is 4.45. The molecule has 0 saturated heterocycles. The van der Waals surface area contributed by atoms with Gasteiger partial charge < -0.3 is 5.32 Å². The zero-order valence-electron chi connectivity index (χ0n) is 9.12. The molecule has 0 aromatic heterocycles. The zero-order chi connectivity index (χ0) is 9.80. The van der Waals surface area contributed by atoms with Crippen LogP contribution in [0.4, 0.5) is 0 Å². The maximum atomic E-state index is 3.39. The molecule has 0 radical (unpaired) electrons. The summed E-state index contributed by atoms with van der Waals surface area (Å²) in [6.07, 6.45) is 2.34. The van der Waals surface area contributed by atoms with Crippen LogP contribution in [0.25, 0.3) is 0 Å². The first-order valence-electron chi connectivity index (χ1n) is 5.28. The molecule has 0 unspecified atom stereocenters. The van der Waals surface area contributed by atoms with Gasteiger partial charge in [0.05, 0.1) is 0 Å². The van der Waals surface area contributed by atoms with Crippen molar-refractivity contribution in [3.63, 3.8) is 0 Å². The van der Waals surface area contributed by atoms with Crippen LogP contribution < -0.4 is 5.32 Å². The molecule has 2 rings (SSSR count). The van der Waals surface area contributed by atoms with Crippen LogP contribution in [0.2, 0.25) is 0 Å². The molecule has 0 aliphatic carbocycles. The Kier molecular flexibility index (Phi) is 4.86. The molecule has 1 nitrogen and oxygen atoms in total. The largest absolute Gasteiger partial charge is 0.313 e. The molecule has 0 bridgehead atoms. The fraction of sp³-hybridized carbons (Fsp3) is 0.385. The molecule has 1 aliphatic heterocycles. The molecule has 1 aromatic carbocycles. The summed E-state index contributed by atoms with van der Waals surface area (Å²) in [5.74, 6) is 0. The standard InChI is InChI=1S/C13H17N.ClH/c1-11-10-14-8-7-13(11)9-12-5-3-2-4-6-12;/h2-6,14H,7-10H2,1H3;1H. The van der Waals surface area contributed by atoms with E-state index >= 15 is 0 Å². The Hall–Kier alpha value is -0.790. The van der Waals surface area contributed by atoms with E-state index in [1.54, 1.807) is 5.57 Å². The van der Waals surface area contributed by atoms with Crippen LogP contribution in [0.1, 0.15) is 18.9 Å². The maximum absolute atomic E-state index is 3.39. The van der Waals surface area contributed by atoms with Gasteiger partial charge in [-0.05, 0) is 31.9 Å². The van der Waals surface area contributed by atoms with Crippen molar-refractivity contribution in [1.82, 2.24) is 5.32 Å². The highest BCUT2D eigenvalue weighted by Crippen LogP contribution is 2.17. The van der Waals surface area contributed by atoms with E-state index in [1.165, 1.54) is 17.6 Å². The summed E-state index contributed by atoms with van der Waals surface area (Å²) in [5, 5.41) is 3.39. The number of benzene rings is 1. The van der Waals surface area contributed by atoms with Crippen molar-refractivity contribution in [2.45, 2.75) is 19.8 Å². The molecule has 1 N–H and O–H groups in total. The monoisotopic (exact) mass is 223 g/mol. The lowest BCUT2D eigenvalue weighted by atomic mass is 9.96. The predicted octanol–water partition coefficient (Wildman–Crippen LogP) is 2.96. The highest BCUT2D eigenvalue weighted by molar-refractivity contribution is 5.85. The molecule has 0 spiro atoms. The van der Waals surface area contributed by atoms with E-state index in [1.807, 2.05) is 0 Å². The Morgan fingerprint density at radius 3 is 2.60 bits per heavy atom. The van der Waals surface area contributed by atoms with E-state index in [0.717, 1.165) is 19.5 Å². The van der Waals surface area contributed by atoms with Gasteiger partial charge in [0, 0.05) is 6.54 Å². The van der Waals surface area contributed by atoms with E-state index in [0.29, 0.717) is 0 Å². The molecule has 0 amide bonds. The van der Waals surface area contributed by atoms with Crippen LogP contribution >= 0.6 is 12.4 Å². The van der Waals surface area contributed by atoms with Gasteiger partial charge in [-0.1, -0.05) is 41.5 Å². The molecule has 82 valence electrons. The molecule has 1 heterocycles. The Morgan fingerprint density at radius 2 is 1.93 bits per heavy atom. The van der Waals surface area contributed by atoms with Gasteiger partial charge in [0.25, 0.3) is 0 Å². The second kappa shape index (κ2) is 5.94. The third-order valence-corrected chi connectivity index (χ3v) is 2.86. The molecule has 15 heavy (non-hydrogen) atoms. The van der Waals surface area contributed by atoms with Gasteiger partial charge in [-0.15, -0.1) is 12.4 Å². The van der Waals surface area contributed by atoms with Crippen molar-refractivity contribution >= 4 is 12.4 Å². The summed E-state index contributed by atoms with van der Waals surface area (Å²) < 4.78 is 0. The Bertz CT molecular complexity index is 330. The van der Waals surface area contributed by atoms with Crippen molar-refractivity contribution in [2.24, 2.45) is 0 Å². The number of halogens is 1. The van der Waals surface area contributed by atoms with Crippen LogP contribution in [0.5, 0.6) is 0 Å². The van der Waals surface area contributed by atoms with Crippen molar-refractivity contribution in [3.8, 4) is 0 Å². The highest BCUT2D eigenvalue weighted by atomic mass is 35.5. The van der Waals surface area contributed by atoms with E-state index < -0.39 is 0 Å². The zero-order valence-corrected chi connectivity index (χ0v) is 9.94. The van der Waals surface area contributed by atoms with Crippen molar-refractivity contribution < 1.29 is 0 Å². The first-order chi connectivity index (χ1) is 6.86. The maximum Gasteiger partial charge on any atom is 0.0164 e. The lowest BCUT2D eigenvalue weighted by Crippen LogP contribution is -2.24. The molecule has 1 aliphatic rings. The number of nitrogens with one attached hydrogen (secondary N) is 1. The number of rotatable bonds is 2. The van der Waals surface area contributed by atoms with E-state index in [9.17, 15) is 0 Å². The van der Waals surface area contributed by atoms with Crippen LogP contribution in [-0.2, 0) is 6.42 Å². The summed E-state index contributed by atoms with van der Waals surface area (Å²) in [6, 6.07) is 10.7. The molecular formula is C13H18ClN. The first kappa shape index (κ1) is 12.3. The highest BCUT2D eigenvalue weighted by Gasteiger charge is 2.08. The van der Waals surface area contributed by atoms with Gasteiger partial charge in [-0.2, -0.15) is 0 Å². The van der Waals surface area contributed by atoms with Crippen molar-refractivity contribution in [1.29, 1.82) is 0 Å². The Balaban J connectivity index is 0.00000112. The third-order valence-electron chi connectivity index (χ3n) is 2.86. The third kappa shape index (κ3) is 3.37. The molecule has 1 aromatic rings. The lowest BCUT2D eigenvalue weighted by molar-refractivity contribution is 0.665. The number of hydrogen-bond acceptors (Lipinski definition) is 1. The topological polar surface area (TPSA) is 12.0 Å².